The molecule has 1 aliphatic rings. The summed E-state index contributed by atoms with van der Waals surface area (Å²) in [4.78, 5) is 28.6. The maximum absolute atomic E-state index is 12.2. The SMILES string of the molecule is Cc1ccc(OCc2nc(C(=O)NCCNC(=O)C3CCCCC3)cs2)cc1. The van der Waals surface area contributed by atoms with Gasteiger partial charge in [-0.3, -0.25) is 9.59 Å². The van der Waals surface area contributed by atoms with E-state index < -0.39 is 0 Å². The number of ether oxygens (including phenoxy) is 1. The molecule has 0 saturated heterocycles. The number of thiazole rings is 1. The molecular formula is C21H27N3O3S. The molecule has 6 nitrogen and oxygen atoms in total. The first-order chi connectivity index (χ1) is 13.6. The molecule has 1 aliphatic carbocycles. The van der Waals surface area contributed by atoms with Crippen LogP contribution in [-0.4, -0.2) is 29.9 Å². The molecule has 0 spiro atoms. The smallest absolute Gasteiger partial charge is 0.270 e. The first-order valence-electron chi connectivity index (χ1n) is 9.81. The highest BCUT2D eigenvalue weighted by atomic mass is 32.1. The van der Waals surface area contributed by atoms with E-state index in [1.165, 1.54) is 23.3 Å². The zero-order chi connectivity index (χ0) is 19.8. The van der Waals surface area contributed by atoms with Gasteiger partial charge < -0.3 is 15.4 Å². The van der Waals surface area contributed by atoms with Crippen molar-refractivity contribution in [2.45, 2.75) is 45.6 Å². The Morgan fingerprint density at radius 2 is 1.82 bits per heavy atom. The highest BCUT2D eigenvalue weighted by Crippen LogP contribution is 2.23. The van der Waals surface area contributed by atoms with Crippen LogP contribution in [0.1, 0.15) is 53.2 Å². The highest BCUT2D eigenvalue weighted by molar-refractivity contribution is 7.09. The van der Waals surface area contributed by atoms with Gasteiger partial charge in [0, 0.05) is 24.4 Å². The Bertz CT molecular complexity index is 782. The van der Waals surface area contributed by atoms with Crippen molar-refractivity contribution in [3.8, 4) is 5.75 Å². The summed E-state index contributed by atoms with van der Waals surface area (Å²) < 4.78 is 5.69. The molecule has 1 heterocycles. The average Bonchev–Trinajstić information content (AvgIpc) is 3.20. The number of carbonyl (C=O) groups excluding carboxylic acids is 2. The van der Waals surface area contributed by atoms with Crippen LogP contribution >= 0.6 is 11.3 Å². The molecule has 1 aromatic carbocycles. The van der Waals surface area contributed by atoms with E-state index in [1.54, 1.807) is 5.38 Å². The van der Waals surface area contributed by atoms with Crippen molar-refractivity contribution in [2.75, 3.05) is 13.1 Å². The first kappa shape index (κ1) is 20.3. The molecule has 0 atom stereocenters. The first-order valence-corrected chi connectivity index (χ1v) is 10.7. The lowest BCUT2D eigenvalue weighted by atomic mass is 9.89. The van der Waals surface area contributed by atoms with Crippen LogP contribution in [0, 0.1) is 12.8 Å². The number of rotatable bonds is 8. The third kappa shape index (κ3) is 6.05. The number of carbonyl (C=O) groups is 2. The number of amides is 2. The second-order valence-corrected chi connectivity index (χ2v) is 8.05. The van der Waals surface area contributed by atoms with Gasteiger partial charge in [-0.05, 0) is 31.9 Å². The van der Waals surface area contributed by atoms with Gasteiger partial charge in [-0.25, -0.2) is 4.98 Å². The molecule has 0 aliphatic heterocycles. The molecule has 3 rings (SSSR count). The summed E-state index contributed by atoms with van der Waals surface area (Å²) in [5, 5.41) is 8.19. The normalized spacial score (nSPS) is 14.5. The Morgan fingerprint density at radius 3 is 2.57 bits per heavy atom. The van der Waals surface area contributed by atoms with Crippen LogP contribution in [0.15, 0.2) is 29.6 Å². The third-order valence-corrected chi connectivity index (χ3v) is 5.68. The van der Waals surface area contributed by atoms with Crippen LogP contribution < -0.4 is 15.4 Å². The summed E-state index contributed by atoms with van der Waals surface area (Å²) in [6, 6.07) is 7.81. The number of hydrogen-bond acceptors (Lipinski definition) is 5. The fourth-order valence-corrected chi connectivity index (χ4v) is 3.91. The topological polar surface area (TPSA) is 80.3 Å². The number of hydrogen-bond donors (Lipinski definition) is 2. The predicted molar refractivity (Wildman–Crippen MR) is 110 cm³/mol. The average molecular weight is 402 g/mol. The minimum absolute atomic E-state index is 0.109. The quantitative estimate of drug-likeness (QED) is 0.664. The van der Waals surface area contributed by atoms with E-state index in [2.05, 4.69) is 15.6 Å². The fourth-order valence-electron chi connectivity index (χ4n) is 3.22. The molecule has 28 heavy (non-hydrogen) atoms. The van der Waals surface area contributed by atoms with Crippen molar-refractivity contribution in [2.24, 2.45) is 5.92 Å². The van der Waals surface area contributed by atoms with Gasteiger partial charge in [-0.1, -0.05) is 37.0 Å². The zero-order valence-corrected chi connectivity index (χ0v) is 17.0. The van der Waals surface area contributed by atoms with Crippen LogP contribution in [0.5, 0.6) is 5.75 Å². The van der Waals surface area contributed by atoms with Crippen molar-refractivity contribution in [1.82, 2.24) is 15.6 Å². The molecule has 2 aromatic rings. The predicted octanol–water partition coefficient (Wildman–Crippen LogP) is 3.46. The molecule has 1 aromatic heterocycles. The van der Waals surface area contributed by atoms with Gasteiger partial charge in [0.25, 0.3) is 5.91 Å². The molecule has 2 amide bonds. The molecule has 2 N–H and O–H groups in total. The second-order valence-electron chi connectivity index (χ2n) is 7.11. The Morgan fingerprint density at radius 1 is 1.11 bits per heavy atom. The van der Waals surface area contributed by atoms with Crippen molar-refractivity contribution in [3.05, 3.63) is 45.9 Å². The molecule has 7 heteroatoms. The molecule has 150 valence electrons. The molecule has 0 bridgehead atoms. The molecular weight excluding hydrogens is 374 g/mol. The molecule has 1 fully saturated rings. The zero-order valence-electron chi connectivity index (χ0n) is 16.2. The minimum Gasteiger partial charge on any atom is -0.486 e. The lowest BCUT2D eigenvalue weighted by Gasteiger charge is -2.20. The van der Waals surface area contributed by atoms with Crippen molar-refractivity contribution < 1.29 is 14.3 Å². The number of aryl methyl sites for hydroxylation is 1. The summed E-state index contributed by atoms with van der Waals surface area (Å²) in [7, 11) is 0. The van der Waals surface area contributed by atoms with Crippen molar-refractivity contribution in [3.63, 3.8) is 0 Å². The van der Waals surface area contributed by atoms with E-state index in [4.69, 9.17) is 4.74 Å². The van der Waals surface area contributed by atoms with Crippen LogP contribution in [0.3, 0.4) is 0 Å². The summed E-state index contributed by atoms with van der Waals surface area (Å²) in [6.45, 7) is 3.19. The van der Waals surface area contributed by atoms with Gasteiger partial charge >= 0.3 is 0 Å². The van der Waals surface area contributed by atoms with Crippen molar-refractivity contribution in [1.29, 1.82) is 0 Å². The van der Waals surface area contributed by atoms with E-state index in [0.717, 1.165) is 36.4 Å². The van der Waals surface area contributed by atoms with Crippen LogP contribution in [0.4, 0.5) is 0 Å². The Kier molecular flexibility index (Phi) is 7.42. The lowest BCUT2D eigenvalue weighted by molar-refractivity contribution is -0.125. The van der Waals surface area contributed by atoms with Gasteiger partial charge in [-0.15, -0.1) is 11.3 Å². The fraction of sp³-hybridized carbons (Fsp3) is 0.476. The highest BCUT2D eigenvalue weighted by Gasteiger charge is 2.20. The minimum atomic E-state index is -0.232. The van der Waals surface area contributed by atoms with Crippen LogP contribution in [0.2, 0.25) is 0 Å². The monoisotopic (exact) mass is 401 g/mol. The van der Waals surface area contributed by atoms with Crippen LogP contribution in [-0.2, 0) is 11.4 Å². The lowest BCUT2D eigenvalue weighted by Crippen LogP contribution is -2.38. The Balaban J connectivity index is 1.36. The second kappa shape index (κ2) is 10.2. The van der Waals surface area contributed by atoms with Crippen LogP contribution in [0.25, 0.3) is 0 Å². The van der Waals surface area contributed by atoms with Gasteiger partial charge in [-0.2, -0.15) is 0 Å². The van der Waals surface area contributed by atoms with Gasteiger partial charge in [0.1, 0.15) is 23.1 Å². The Labute approximate surface area is 169 Å². The van der Waals surface area contributed by atoms with E-state index in [9.17, 15) is 9.59 Å². The van der Waals surface area contributed by atoms with Gasteiger partial charge in [0.15, 0.2) is 0 Å². The van der Waals surface area contributed by atoms with Crippen molar-refractivity contribution >= 4 is 23.2 Å². The summed E-state index contributed by atoms with van der Waals surface area (Å²) >= 11 is 1.40. The summed E-state index contributed by atoms with van der Waals surface area (Å²) in [5.41, 5.74) is 1.56. The molecule has 0 radical (unpaired) electrons. The van der Waals surface area contributed by atoms with Gasteiger partial charge in [0.05, 0.1) is 0 Å². The van der Waals surface area contributed by atoms with E-state index in [-0.39, 0.29) is 17.7 Å². The maximum Gasteiger partial charge on any atom is 0.270 e. The number of nitrogens with zero attached hydrogens (tertiary/aromatic N) is 1. The third-order valence-electron chi connectivity index (χ3n) is 4.85. The number of nitrogens with one attached hydrogen (secondary N) is 2. The standard InChI is InChI=1S/C21H27N3O3S/c1-15-7-9-17(10-8-15)27-13-19-24-18(14-28-19)21(26)23-12-11-22-20(25)16-5-3-2-4-6-16/h7-10,14,16H,2-6,11-13H2,1H3,(H,22,25)(H,23,26). The molecule has 1 saturated carbocycles. The number of benzene rings is 1. The van der Waals surface area contributed by atoms with Gasteiger partial charge in [0.2, 0.25) is 5.91 Å². The largest absolute Gasteiger partial charge is 0.486 e. The number of aromatic nitrogens is 1. The Hall–Kier alpha value is -2.41. The summed E-state index contributed by atoms with van der Waals surface area (Å²) in [5.74, 6) is 0.794. The van der Waals surface area contributed by atoms with E-state index in [1.807, 2.05) is 31.2 Å². The maximum atomic E-state index is 12.2. The van der Waals surface area contributed by atoms with E-state index >= 15 is 0 Å². The van der Waals surface area contributed by atoms with E-state index in [0.29, 0.717) is 25.4 Å². The summed E-state index contributed by atoms with van der Waals surface area (Å²) in [6.07, 6.45) is 5.45. The molecule has 0 unspecified atom stereocenters.